The topological polar surface area (TPSA) is 76.7 Å². The van der Waals surface area contributed by atoms with E-state index < -0.39 is 0 Å². The average Bonchev–Trinajstić information content (AvgIpc) is 2.64. The van der Waals surface area contributed by atoms with Crippen LogP contribution in [0.4, 0.5) is 0 Å². The van der Waals surface area contributed by atoms with Crippen molar-refractivity contribution in [2.75, 3.05) is 6.54 Å². The van der Waals surface area contributed by atoms with Gasteiger partial charge in [0.25, 0.3) is 0 Å². The number of nitriles is 2. The molecule has 1 amide bonds. The molecule has 25 heavy (non-hydrogen) atoms. The van der Waals surface area contributed by atoms with Gasteiger partial charge in [-0.3, -0.25) is 4.79 Å². The SMILES string of the molecule is CC(C)CC(C(=O)NCC#N)c1cccc(-c2cccc(C#N)c2)c1. The van der Waals surface area contributed by atoms with E-state index in [2.05, 4.69) is 25.2 Å². The molecule has 1 unspecified atom stereocenters. The van der Waals surface area contributed by atoms with Gasteiger partial charge in [0.1, 0.15) is 6.54 Å². The fourth-order valence-electron chi connectivity index (χ4n) is 2.82. The predicted molar refractivity (Wildman–Crippen MR) is 97.4 cm³/mol. The number of carbonyl (C=O) groups excluding carboxylic acids is 1. The number of nitrogens with one attached hydrogen (secondary N) is 1. The molecule has 0 bridgehead atoms. The molecule has 0 saturated heterocycles. The molecule has 0 spiro atoms. The van der Waals surface area contributed by atoms with Gasteiger partial charge in [-0.25, -0.2) is 0 Å². The zero-order valence-electron chi connectivity index (χ0n) is 14.5. The lowest BCUT2D eigenvalue weighted by Gasteiger charge is -2.19. The molecule has 0 aliphatic carbocycles. The van der Waals surface area contributed by atoms with E-state index in [9.17, 15) is 4.79 Å². The van der Waals surface area contributed by atoms with E-state index in [1.807, 2.05) is 48.5 Å². The number of rotatable bonds is 6. The van der Waals surface area contributed by atoms with Crippen molar-refractivity contribution < 1.29 is 4.79 Å². The van der Waals surface area contributed by atoms with Crippen molar-refractivity contribution >= 4 is 5.91 Å². The zero-order valence-corrected chi connectivity index (χ0v) is 14.5. The fraction of sp³-hybridized carbons (Fsp3) is 0.286. The second kappa shape index (κ2) is 8.66. The minimum atomic E-state index is -0.299. The highest BCUT2D eigenvalue weighted by Crippen LogP contribution is 2.28. The lowest BCUT2D eigenvalue weighted by Crippen LogP contribution is -2.30. The summed E-state index contributed by atoms with van der Waals surface area (Å²) in [5.74, 6) is -0.0750. The van der Waals surface area contributed by atoms with E-state index in [-0.39, 0.29) is 18.4 Å². The first-order chi connectivity index (χ1) is 12.0. The molecule has 1 N–H and O–H groups in total. The number of hydrogen-bond donors (Lipinski definition) is 1. The maximum absolute atomic E-state index is 12.5. The number of amides is 1. The third-order valence-electron chi connectivity index (χ3n) is 3.98. The van der Waals surface area contributed by atoms with E-state index in [1.54, 1.807) is 6.07 Å². The highest BCUT2D eigenvalue weighted by atomic mass is 16.1. The Morgan fingerprint density at radius 3 is 2.40 bits per heavy atom. The molecule has 0 aliphatic heterocycles. The number of nitrogens with zero attached hydrogens (tertiary/aromatic N) is 2. The number of hydrogen-bond acceptors (Lipinski definition) is 3. The Morgan fingerprint density at radius 1 is 1.08 bits per heavy atom. The second-order valence-electron chi connectivity index (χ2n) is 6.38. The summed E-state index contributed by atoms with van der Waals surface area (Å²) < 4.78 is 0. The summed E-state index contributed by atoms with van der Waals surface area (Å²) >= 11 is 0. The summed E-state index contributed by atoms with van der Waals surface area (Å²) in [6, 6.07) is 19.3. The summed E-state index contributed by atoms with van der Waals surface area (Å²) in [6.07, 6.45) is 0.707. The smallest absolute Gasteiger partial charge is 0.228 e. The van der Waals surface area contributed by atoms with Crippen molar-refractivity contribution in [3.8, 4) is 23.3 Å². The van der Waals surface area contributed by atoms with Crippen LogP contribution in [0.15, 0.2) is 48.5 Å². The van der Waals surface area contributed by atoms with Crippen LogP contribution in [-0.2, 0) is 4.79 Å². The van der Waals surface area contributed by atoms with Gasteiger partial charge in [0.15, 0.2) is 0 Å². The summed E-state index contributed by atoms with van der Waals surface area (Å²) in [5.41, 5.74) is 3.44. The molecular formula is C21H21N3O. The molecular weight excluding hydrogens is 310 g/mol. The van der Waals surface area contributed by atoms with Crippen LogP contribution in [0.1, 0.15) is 37.3 Å². The Labute approximate surface area is 148 Å². The molecule has 0 aromatic heterocycles. The van der Waals surface area contributed by atoms with Gasteiger partial charge in [-0.2, -0.15) is 10.5 Å². The standard InChI is InChI=1S/C21H21N3O/c1-15(2)11-20(21(25)24-10-9-22)19-8-4-7-18(13-19)17-6-3-5-16(12-17)14-23/h3-8,12-13,15,20H,10-11H2,1-2H3,(H,24,25). The van der Waals surface area contributed by atoms with Gasteiger partial charge in [-0.15, -0.1) is 0 Å². The minimum Gasteiger partial charge on any atom is -0.342 e. The highest BCUT2D eigenvalue weighted by Gasteiger charge is 2.22. The normalized spacial score (nSPS) is 11.4. The zero-order chi connectivity index (χ0) is 18.2. The molecule has 0 fully saturated rings. The van der Waals surface area contributed by atoms with Crippen LogP contribution < -0.4 is 5.32 Å². The summed E-state index contributed by atoms with van der Waals surface area (Å²) in [6.45, 7) is 4.16. The van der Waals surface area contributed by atoms with Crippen LogP contribution in [0.5, 0.6) is 0 Å². The van der Waals surface area contributed by atoms with Crippen molar-refractivity contribution in [3.05, 3.63) is 59.7 Å². The monoisotopic (exact) mass is 331 g/mol. The van der Waals surface area contributed by atoms with Crippen LogP contribution in [0.2, 0.25) is 0 Å². The van der Waals surface area contributed by atoms with Crippen molar-refractivity contribution in [1.29, 1.82) is 10.5 Å². The molecule has 0 saturated carbocycles. The predicted octanol–water partition coefficient (Wildman–Crippen LogP) is 3.99. The lowest BCUT2D eigenvalue weighted by molar-refractivity contribution is -0.122. The van der Waals surface area contributed by atoms with Gasteiger partial charge in [-0.05, 0) is 41.2 Å². The number of carbonyl (C=O) groups is 1. The average molecular weight is 331 g/mol. The first-order valence-electron chi connectivity index (χ1n) is 8.30. The first-order valence-corrected chi connectivity index (χ1v) is 8.30. The Bertz CT molecular complexity index is 828. The van der Waals surface area contributed by atoms with Crippen LogP contribution in [0.25, 0.3) is 11.1 Å². The van der Waals surface area contributed by atoms with Gasteiger partial charge >= 0.3 is 0 Å². The van der Waals surface area contributed by atoms with Crippen molar-refractivity contribution in [3.63, 3.8) is 0 Å². The van der Waals surface area contributed by atoms with Crippen LogP contribution in [0.3, 0.4) is 0 Å². The van der Waals surface area contributed by atoms with Crippen molar-refractivity contribution in [2.24, 2.45) is 5.92 Å². The van der Waals surface area contributed by atoms with E-state index in [0.717, 1.165) is 16.7 Å². The lowest BCUT2D eigenvalue weighted by atomic mass is 9.88. The van der Waals surface area contributed by atoms with Gasteiger partial charge in [0, 0.05) is 0 Å². The number of benzene rings is 2. The van der Waals surface area contributed by atoms with E-state index in [0.29, 0.717) is 17.9 Å². The fourth-order valence-corrected chi connectivity index (χ4v) is 2.82. The van der Waals surface area contributed by atoms with Gasteiger partial charge in [-0.1, -0.05) is 50.2 Å². The summed E-state index contributed by atoms with van der Waals surface area (Å²) in [4.78, 5) is 12.5. The molecule has 0 radical (unpaired) electrons. The van der Waals surface area contributed by atoms with Crippen LogP contribution in [-0.4, -0.2) is 12.5 Å². The Morgan fingerprint density at radius 2 is 1.76 bits per heavy atom. The Balaban J connectivity index is 2.37. The molecule has 4 nitrogen and oxygen atoms in total. The highest BCUT2D eigenvalue weighted by molar-refractivity contribution is 5.84. The molecule has 2 aromatic rings. The molecule has 0 heterocycles. The maximum atomic E-state index is 12.5. The first kappa shape index (κ1) is 18.2. The summed E-state index contributed by atoms with van der Waals surface area (Å²) in [7, 11) is 0. The Kier molecular flexibility index (Phi) is 6.32. The Hall–Kier alpha value is -3.11. The van der Waals surface area contributed by atoms with Crippen LogP contribution >= 0.6 is 0 Å². The second-order valence-corrected chi connectivity index (χ2v) is 6.38. The van der Waals surface area contributed by atoms with Gasteiger partial charge in [0.05, 0.1) is 23.6 Å². The maximum Gasteiger partial charge on any atom is 0.228 e. The molecule has 0 aliphatic rings. The third kappa shape index (κ3) is 4.93. The third-order valence-corrected chi connectivity index (χ3v) is 3.98. The molecule has 1 atom stereocenters. The quantitative estimate of drug-likeness (QED) is 0.813. The van der Waals surface area contributed by atoms with Gasteiger partial charge < -0.3 is 5.32 Å². The largest absolute Gasteiger partial charge is 0.342 e. The van der Waals surface area contributed by atoms with E-state index in [1.165, 1.54) is 0 Å². The molecule has 2 rings (SSSR count). The van der Waals surface area contributed by atoms with Gasteiger partial charge in [0.2, 0.25) is 5.91 Å². The van der Waals surface area contributed by atoms with Crippen molar-refractivity contribution in [2.45, 2.75) is 26.2 Å². The van der Waals surface area contributed by atoms with E-state index in [4.69, 9.17) is 10.5 Å². The minimum absolute atomic E-state index is 0.0112. The van der Waals surface area contributed by atoms with Crippen molar-refractivity contribution in [1.82, 2.24) is 5.32 Å². The molecule has 4 heteroatoms. The van der Waals surface area contributed by atoms with Crippen LogP contribution in [0, 0.1) is 28.6 Å². The summed E-state index contributed by atoms with van der Waals surface area (Å²) in [5, 5.41) is 20.4. The van der Waals surface area contributed by atoms with E-state index >= 15 is 0 Å². The molecule has 2 aromatic carbocycles. The molecule has 126 valence electrons.